The molecule has 1 aliphatic heterocycles. The first-order chi connectivity index (χ1) is 7.64. The van der Waals surface area contributed by atoms with Gasteiger partial charge in [0.15, 0.2) is 0 Å². The van der Waals surface area contributed by atoms with Crippen molar-refractivity contribution in [2.45, 2.75) is 63.2 Å². The molecule has 2 N–H and O–H groups in total. The van der Waals surface area contributed by atoms with Crippen LogP contribution >= 0.6 is 0 Å². The number of ether oxygens (including phenoxy) is 1. The van der Waals surface area contributed by atoms with Crippen LogP contribution in [0.3, 0.4) is 0 Å². The van der Waals surface area contributed by atoms with Crippen LogP contribution in [0.4, 0.5) is 0 Å². The predicted octanol–water partition coefficient (Wildman–Crippen LogP) is 1.69. The molecule has 4 atom stereocenters. The van der Waals surface area contributed by atoms with Crippen molar-refractivity contribution in [2.75, 3.05) is 13.7 Å². The molecule has 2 rings (SSSR count). The number of piperidine rings is 1. The predicted molar refractivity (Wildman–Crippen MR) is 64.4 cm³/mol. The standard InChI is InChI=1S/C13H25NO2/c1-10-5-7-14-12(8-10)13(15)6-3-4-11(9-13)16-2/h10-12,14-15H,3-9H2,1-2H3. The van der Waals surface area contributed by atoms with Gasteiger partial charge in [0.05, 0.1) is 11.7 Å². The third kappa shape index (κ3) is 2.58. The lowest BCUT2D eigenvalue weighted by Crippen LogP contribution is -2.57. The molecule has 3 nitrogen and oxygen atoms in total. The Morgan fingerprint density at radius 2 is 2.19 bits per heavy atom. The lowest BCUT2D eigenvalue weighted by Gasteiger charge is -2.45. The van der Waals surface area contributed by atoms with E-state index in [4.69, 9.17) is 4.74 Å². The summed E-state index contributed by atoms with van der Waals surface area (Å²) in [7, 11) is 1.76. The van der Waals surface area contributed by atoms with E-state index in [9.17, 15) is 5.11 Å². The Morgan fingerprint density at radius 1 is 1.38 bits per heavy atom. The fourth-order valence-electron chi connectivity index (χ4n) is 3.27. The Labute approximate surface area is 98.6 Å². The molecular weight excluding hydrogens is 202 g/mol. The van der Waals surface area contributed by atoms with Crippen LogP contribution in [-0.4, -0.2) is 36.5 Å². The van der Waals surface area contributed by atoms with Crippen LogP contribution in [0.5, 0.6) is 0 Å². The van der Waals surface area contributed by atoms with Crippen LogP contribution in [0.1, 0.15) is 45.4 Å². The Kier molecular flexibility index (Phi) is 3.88. The highest BCUT2D eigenvalue weighted by atomic mass is 16.5. The fourth-order valence-corrected chi connectivity index (χ4v) is 3.27. The van der Waals surface area contributed by atoms with Crippen molar-refractivity contribution in [1.82, 2.24) is 5.32 Å². The SMILES string of the molecule is COC1CCCC(O)(C2CC(C)CCN2)C1. The zero-order valence-electron chi connectivity index (χ0n) is 10.5. The molecule has 1 saturated heterocycles. The van der Waals surface area contributed by atoms with Crippen molar-refractivity contribution in [1.29, 1.82) is 0 Å². The summed E-state index contributed by atoms with van der Waals surface area (Å²) in [4.78, 5) is 0. The topological polar surface area (TPSA) is 41.5 Å². The number of rotatable bonds is 2. The molecule has 2 fully saturated rings. The van der Waals surface area contributed by atoms with E-state index in [1.165, 1.54) is 6.42 Å². The van der Waals surface area contributed by atoms with Crippen molar-refractivity contribution >= 4 is 0 Å². The van der Waals surface area contributed by atoms with Crippen LogP contribution in [0.2, 0.25) is 0 Å². The first kappa shape index (κ1) is 12.3. The summed E-state index contributed by atoms with van der Waals surface area (Å²) in [6.45, 7) is 3.33. The smallest absolute Gasteiger partial charge is 0.0824 e. The van der Waals surface area contributed by atoms with E-state index in [2.05, 4.69) is 12.2 Å². The maximum atomic E-state index is 10.8. The van der Waals surface area contributed by atoms with E-state index in [0.29, 0.717) is 0 Å². The second-order valence-electron chi connectivity index (χ2n) is 5.69. The molecule has 94 valence electrons. The van der Waals surface area contributed by atoms with Gasteiger partial charge in [-0.15, -0.1) is 0 Å². The van der Waals surface area contributed by atoms with E-state index in [-0.39, 0.29) is 12.1 Å². The van der Waals surface area contributed by atoms with Crippen molar-refractivity contribution < 1.29 is 9.84 Å². The summed E-state index contributed by atoms with van der Waals surface area (Å²) in [5.74, 6) is 0.734. The van der Waals surface area contributed by atoms with Gasteiger partial charge in [-0.05, 0) is 44.6 Å². The van der Waals surface area contributed by atoms with Crippen LogP contribution in [0, 0.1) is 5.92 Å². The van der Waals surface area contributed by atoms with E-state index < -0.39 is 5.60 Å². The highest BCUT2D eigenvalue weighted by molar-refractivity contribution is 4.98. The lowest BCUT2D eigenvalue weighted by molar-refractivity contribution is -0.0877. The molecule has 0 aromatic carbocycles. The lowest BCUT2D eigenvalue weighted by atomic mass is 9.74. The Morgan fingerprint density at radius 3 is 2.88 bits per heavy atom. The number of methoxy groups -OCH3 is 1. The van der Waals surface area contributed by atoms with Gasteiger partial charge >= 0.3 is 0 Å². The average molecular weight is 227 g/mol. The van der Waals surface area contributed by atoms with E-state index in [1.807, 2.05) is 0 Å². The minimum absolute atomic E-state index is 0.248. The summed E-state index contributed by atoms with van der Waals surface area (Å²) in [5, 5.41) is 14.3. The quantitative estimate of drug-likeness (QED) is 0.754. The molecule has 2 aliphatic rings. The third-order valence-corrected chi connectivity index (χ3v) is 4.36. The molecule has 3 heteroatoms. The highest BCUT2D eigenvalue weighted by Gasteiger charge is 2.42. The summed E-state index contributed by atoms with van der Waals surface area (Å²) in [6, 6.07) is 0.272. The molecule has 0 radical (unpaired) electrons. The molecule has 1 heterocycles. The van der Waals surface area contributed by atoms with Gasteiger partial charge < -0.3 is 15.2 Å². The Bertz CT molecular complexity index is 234. The van der Waals surface area contributed by atoms with Crippen LogP contribution < -0.4 is 5.32 Å². The molecular formula is C13H25NO2. The highest BCUT2D eigenvalue weighted by Crippen LogP contribution is 2.36. The molecule has 0 aromatic heterocycles. The van der Waals surface area contributed by atoms with E-state index in [0.717, 1.165) is 44.6 Å². The van der Waals surface area contributed by atoms with Gasteiger partial charge in [0.1, 0.15) is 0 Å². The van der Waals surface area contributed by atoms with Crippen molar-refractivity contribution in [3.05, 3.63) is 0 Å². The van der Waals surface area contributed by atoms with Gasteiger partial charge in [-0.1, -0.05) is 6.92 Å². The van der Waals surface area contributed by atoms with E-state index in [1.54, 1.807) is 7.11 Å². The normalized spacial score (nSPS) is 45.6. The van der Waals surface area contributed by atoms with Gasteiger partial charge in [0, 0.05) is 19.6 Å². The second-order valence-corrected chi connectivity index (χ2v) is 5.69. The zero-order valence-corrected chi connectivity index (χ0v) is 10.5. The van der Waals surface area contributed by atoms with E-state index >= 15 is 0 Å². The maximum absolute atomic E-state index is 10.8. The molecule has 0 spiro atoms. The van der Waals surface area contributed by atoms with Gasteiger partial charge in [0.25, 0.3) is 0 Å². The van der Waals surface area contributed by atoms with Gasteiger partial charge in [-0.25, -0.2) is 0 Å². The molecule has 16 heavy (non-hydrogen) atoms. The number of aliphatic hydroxyl groups is 1. The van der Waals surface area contributed by atoms with Crippen LogP contribution in [-0.2, 0) is 4.74 Å². The number of hydrogen-bond acceptors (Lipinski definition) is 3. The molecule has 1 aliphatic carbocycles. The van der Waals surface area contributed by atoms with Gasteiger partial charge in [-0.2, -0.15) is 0 Å². The summed E-state index contributed by atoms with van der Waals surface area (Å²) < 4.78 is 5.42. The molecule has 4 unspecified atom stereocenters. The summed E-state index contributed by atoms with van der Waals surface area (Å²) >= 11 is 0. The molecule has 0 aromatic rings. The zero-order chi connectivity index (χ0) is 11.6. The van der Waals surface area contributed by atoms with Gasteiger partial charge in [0.2, 0.25) is 0 Å². The average Bonchev–Trinajstić information content (AvgIpc) is 2.29. The fraction of sp³-hybridized carbons (Fsp3) is 1.00. The first-order valence-electron chi connectivity index (χ1n) is 6.62. The van der Waals surface area contributed by atoms with Crippen LogP contribution in [0.25, 0.3) is 0 Å². The van der Waals surface area contributed by atoms with Crippen molar-refractivity contribution in [3.8, 4) is 0 Å². The van der Waals surface area contributed by atoms with Gasteiger partial charge in [-0.3, -0.25) is 0 Å². The molecule has 0 bridgehead atoms. The van der Waals surface area contributed by atoms with Crippen molar-refractivity contribution in [2.24, 2.45) is 5.92 Å². The summed E-state index contributed by atoms with van der Waals surface area (Å²) in [5.41, 5.74) is -0.534. The van der Waals surface area contributed by atoms with Crippen LogP contribution in [0.15, 0.2) is 0 Å². The number of nitrogens with one attached hydrogen (secondary N) is 1. The Hall–Kier alpha value is -0.120. The molecule has 0 amide bonds. The molecule has 1 saturated carbocycles. The monoisotopic (exact) mass is 227 g/mol. The maximum Gasteiger partial charge on any atom is 0.0824 e. The largest absolute Gasteiger partial charge is 0.388 e. The second kappa shape index (κ2) is 5.03. The number of hydrogen-bond donors (Lipinski definition) is 2. The third-order valence-electron chi connectivity index (χ3n) is 4.36. The minimum Gasteiger partial charge on any atom is -0.388 e. The minimum atomic E-state index is -0.534. The summed E-state index contributed by atoms with van der Waals surface area (Å²) in [6.07, 6.45) is 6.50. The van der Waals surface area contributed by atoms with Crippen molar-refractivity contribution in [3.63, 3.8) is 0 Å². The first-order valence-corrected chi connectivity index (χ1v) is 6.62. The Balaban J connectivity index is 1.99.